The number of rotatable bonds is 0. The SMILES string of the molecule is C=C1Oc2cc3c(c(O)c2C2C=C(C)CCC12)CCCN3.[CH2-]C.[Y]. The van der Waals surface area contributed by atoms with Crippen LogP contribution in [-0.4, -0.2) is 11.7 Å². The first-order valence-corrected chi connectivity index (χ1v) is 8.52. The van der Waals surface area contributed by atoms with Crippen LogP contribution in [-0.2, 0) is 39.1 Å². The fourth-order valence-corrected chi connectivity index (χ4v) is 3.94. The first-order chi connectivity index (χ1) is 11.1. The van der Waals surface area contributed by atoms with Crippen molar-refractivity contribution in [2.75, 3.05) is 11.9 Å². The predicted molar refractivity (Wildman–Crippen MR) is 94.9 cm³/mol. The molecule has 0 aromatic heterocycles. The molecule has 0 fully saturated rings. The second kappa shape index (κ2) is 8.06. The van der Waals surface area contributed by atoms with Crippen LogP contribution in [0.2, 0.25) is 0 Å². The molecule has 2 heterocycles. The van der Waals surface area contributed by atoms with Crippen molar-refractivity contribution in [3.63, 3.8) is 0 Å². The second-order valence-electron chi connectivity index (χ2n) is 6.45. The Bertz CT molecular complexity index is 666. The normalized spacial score (nSPS) is 23.6. The average molecular weight is 401 g/mol. The quantitative estimate of drug-likeness (QED) is 0.478. The monoisotopic (exact) mass is 401 g/mol. The van der Waals surface area contributed by atoms with Crippen LogP contribution in [0, 0.1) is 12.8 Å². The van der Waals surface area contributed by atoms with Crippen molar-refractivity contribution in [1.29, 1.82) is 0 Å². The molecule has 2 aliphatic heterocycles. The Hall–Kier alpha value is -0.796. The molecule has 1 aliphatic carbocycles. The van der Waals surface area contributed by atoms with Crippen molar-refractivity contribution >= 4 is 5.69 Å². The van der Waals surface area contributed by atoms with E-state index in [0.29, 0.717) is 11.7 Å². The van der Waals surface area contributed by atoms with E-state index < -0.39 is 0 Å². The molecule has 127 valence electrons. The summed E-state index contributed by atoms with van der Waals surface area (Å²) in [7, 11) is 0. The minimum atomic E-state index is 0. The molecule has 0 bridgehead atoms. The van der Waals surface area contributed by atoms with Gasteiger partial charge < -0.3 is 22.1 Å². The Kier molecular flexibility index (Phi) is 6.55. The molecule has 0 saturated carbocycles. The smallest absolute Gasteiger partial charge is 0.136 e. The summed E-state index contributed by atoms with van der Waals surface area (Å²) in [6.07, 6.45) is 6.44. The van der Waals surface area contributed by atoms with E-state index in [1.165, 1.54) is 5.57 Å². The number of benzene rings is 1. The van der Waals surface area contributed by atoms with Gasteiger partial charge in [0.25, 0.3) is 0 Å². The first kappa shape index (κ1) is 19.5. The summed E-state index contributed by atoms with van der Waals surface area (Å²) in [6, 6.07) is 2.04. The molecule has 0 spiro atoms. The largest absolute Gasteiger partial charge is 0.507 e. The predicted octanol–water partition coefficient (Wildman–Crippen LogP) is 4.93. The van der Waals surface area contributed by atoms with Gasteiger partial charge in [-0.15, -0.1) is 0 Å². The number of allylic oxidation sites excluding steroid dienone is 3. The van der Waals surface area contributed by atoms with Crippen LogP contribution in [0.5, 0.6) is 11.5 Å². The number of nitrogens with one attached hydrogen (secondary N) is 1. The van der Waals surface area contributed by atoms with Gasteiger partial charge in [0.2, 0.25) is 0 Å². The third-order valence-electron chi connectivity index (χ3n) is 5.06. The summed E-state index contributed by atoms with van der Waals surface area (Å²) in [5.41, 5.74) is 4.42. The molecule has 3 nitrogen and oxygen atoms in total. The van der Waals surface area contributed by atoms with Crippen molar-refractivity contribution < 1.29 is 42.6 Å². The van der Waals surface area contributed by atoms with Gasteiger partial charge in [0.1, 0.15) is 17.3 Å². The Morgan fingerprint density at radius 3 is 2.83 bits per heavy atom. The number of hydrogen-bond donors (Lipinski definition) is 2. The van der Waals surface area contributed by atoms with Crippen LogP contribution < -0.4 is 10.1 Å². The van der Waals surface area contributed by atoms with E-state index in [9.17, 15) is 5.11 Å². The van der Waals surface area contributed by atoms with E-state index in [2.05, 4.69) is 31.8 Å². The maximum absolute atomic E-state index is 10.8. The molecule has 2 atom stereocenters. The Balaban J connectivity index is 0.000000670. The molecular formula is C20H26NO2Y-. The van der Waals surface area contributed by atoms with Gasteiger partial charge >= 0.3 is 0 Å². The maximum Gasteiger partial charge on any atom is 0.136 e. The van der Waals surface area contributed by atoms with Gasteiger partial charge in [-0.1, -0.05) is 18.2 Å². The number of phenolic OH excluding ortho intramolecular Hbond substituents is 1. The summed E-state index contributed by atoms with van der Waals surface area (Å²) in [5.74, 6) is 2.55. The number of hydrogen-bond acceptors (Lipinski definition) is 3. The Morgan fingerprint density at radius 2 is 2.08 bits per heavy atom. The van der Waals surface area contributed by atoms with Crippen LogP contribution in [0.3, 0.4) is 0 Å². The third kappa shape index (κ3) is 3.30. The number of phenols is 1. The number of anilines is 1. The van der Waals surface area contributed by atoms with E-state index in [1.54, 1.807) is 6.92 Å². The van der Waals surface area contributed by atoms with Crippen molar-refractivity contribution in [3.05, 3.63) is 48.1 Å². The van der Waals surface area contributed by atoms with E-state index in [0.717, 1.165) is 60.6 Å². The molecule has 24 heavy (non-hydrogen) atoms. The molecule has 1 radical (unpaired) electrons. The first-order valence-electron chi connectivity index (χ1n) is 8.52. The summed E-state index contributed by atoms with van der Waals surface area (Å²) >= 11 is 0. The fourth-order valence-electron chi connectivity index (χ4n) is 3.94. The molecule has 4 rings (SSSR count). The summed E-state index contributed by atoms with van der Waals surface area (Å²) in [4.78, 5) is 0. The number of fused-ring (bicyclic) bond motifs is 4. The van der Waals surface area contributed by atoms with Crippen LogP contribution in [0.15, 0.2) is 30.1 Å². The minimum absolute atomic E-state index is 0. The van der Waals surface area contributed by atoms with Crippen molar-refractivity contribution in [3.8, 4) is 11.5 Å². The van der Waals surface area contributed by atoms with Gasteiger partial charge in [-0.2, -0.15) is 6.92 Å². The van der Waals surface area contributed by atoms with E-state index in [4.69, 9.17) is 4.74 Å². The zero-order valence-corrected chi connectivity index (χ0v) is 17.5. The Morgan fingerprint density at radius 1 is 1.33 bits per heavy atom. The Labute approximate surface area is 170 Å². The van der Waals surface area contributed by atoms with Crippen molar-refractivity contribution in [2.24, 2.45) is 5.92 Å². The molecule has 3 aliphatic rings. The minimum Gasteiger partial charge on any atom is -0.507 e. The van der Waals surface area contributed by atoms with E-state index >= 15 is 0 Å². The summed E-state index contributed by atoms with van der Waals surface area (Å²) < 4.78 is 5.96. The number of aromatic hydroxyl groups is 1. The molecule has 1 aromatic carbocycles. The molecule has 2 N–H and O–H groups in total. The molecule has 2 unspecified atom stereocenters. The maximum atomic E-state index is 10.8. The van der Waals surface area contributed by atoms with E-state index in [1.807, 2.05) is 6.07 Å². The second-order valence-corrected chi connectivity index (χ2v) is 6.45. The van der Waals surface area contributed by atoms with E-state index in [-0.39, 0.29) is 38.6 Å². The zero-order chi connectivity index (χ0) is 16.6. The van der Waals surface area contributed by atoms with Gasteiger partial charge in [-0.3, -0.25) is 0 Å². The molecule has 0 saturated heterocycles. The van der Waals surface area contributed by atoms with Gasteiger partial charge in [0.15, 0.2) is 0 Å². The molecular weight excluding hydrogens is 375 g/mol. The van der Waals surface area contributed by atoms with Gasteiger partial charge in [0.05, 0.1) is 0 Å². The van der Waals surface area contributed by atoms with Gasteiger partial charge in [0, 0.05) is 74.0 Å². The van der Waals surface area contributed by atoms with Gasteiger partial charge in [-0.25, -0.2) is 0 Å². The molecule has 0 amide bonds. The fraction of sp³-hybridized carbons (Fsp3) is 0.450. The van der Waals surface area contributed by atoms with Crippen LogP contribution in [0.1, 0.15) is 50.2 Å². The van der Waals surface area contributed by atoms with Crippen LogP contribution >= 0.6 is 0 Å². The number of ether oxygens (including phenoxy) is 1. The van der Waals surface area contributed by atoms with Gasteiger partial charge in [-0.05, 0) is 32.6 Å². The standard InChI is InChI=1S/C18H21NO2.C2H5.Y/c1-10-5-6-12-11(2)21-16-9-15-13(4-3-7-19-15)18(20)17(16)14(12)8-10;1-2;/h8-9,12,14,19-20H,2-7H2,1H3;1H2,2H3;/q;-1;. The van der Waals surface area contributed by atoms with Crippen LogP contribution in [0.25, 0.3) is 0 Å². The average Bonchev–Trinajstić information content (AvgIpc) is 2.56. The molecule has 1 aromatic rings. The molecule has 4 heteroatoms. The summed E-state index contributed by atoms with van der Waals surface area (Å²) in [5, 5.41) is 14.2. The van der Waals surface area contributed by atoms with Crippen molar-refractivity contribution in [1.82, 2.24) is 0 Å². The summed E-state index contributed by atoms with van der Waals surface area (Å²) in [6.45, 7) is 12.2. The van der Waals surface area contributed by atoms with Crippen LogP contribution in [0.4, 0.5) is 5.69 Å². The van der Waals surface area contributed by atoms with Crippen molar-refractivity contribution in [2.45, 2.75) is 45.4 Å². The zero-order valence-electron chi connectivity index (χ0n) is 14.7. The third-order valence-corrected chi connectivity index (χ3v) is 5.06. The topological polar surface area (TPSA) is 41.5 Å².